The zero-order valence-electron chi connectivity index (χ0n) is 9.89. The Morgan fingerprint density at radius 3 is 2.75 bits per heavy atom. The van der Waals surface area contributed by atoms with Gasteiger partial charge < -0.3 is 5.32 Å². The zero-order chi connectivity index (χ0) is 11.4. The molecule has 0 spiro atoms. The summed E-state index contributed by atoms with van der Waals surface area (Å²) in [5, 5.41) is 5.75. The van der Waals surface area contributed by atoms with Crippen LogP contribution in [0, 0.1) is 5.41 Å². The van der Waals surface area contributed by atoms with Crippen molar-refractivity contribution in [1.82, 2.24) is 5.32 Å². The third-order valence-electron chi connectivity index (χ3n) is 3.59. The average Bonchev–Trinajstić information content (AvgIpc) is 2.87. The van der Waals surface area contributed by atoms with Gasteiger partial charge in [0.1, 0.15) is 0 Å². The van der Waals surface area contributed by atoms with Crippen LogP contribution in [-0.4, -0.2) is 13.1 Å². The first kappa shape index (κ1) is 12.6. The van der Waals surface area contributed by atoms with Crippen LogP contribution in [0.15, 0.2) is 15.9 Å². The highest BCUT2D eigenvalue weighted by Crippen LogP contribution is 2.41. The van der Waals surface area contributed by atoms with E-state index >= 15 is 0 Å². The Morgan fingerprint density at radius 1 is 1.44 bits per heavy atom. The summed E-state index contributed by atoms with van der Waals surface area (Å²) in [6.07, 6.45) is 6.89. The summed E-state index contributed by atoms with van der Waals surface area (Å²) < 4.78 is 1.24. The number of rotatable bonds is 5. The van der Waals surface area contributed by atoms with E-state index in [-0.39, 0.29) is 0 Å². The van der Waals surface area contributed by atoms with Crippen LogP contribution in [-0.2, 0) is 6.42 Å². The Kier molecular flexibility index (Phi) is 4.45. The SMILES string of the molecule is CCNCC1(Cc2cc(Br)cs2)CCCC1. The van der Waals surface area contributed by atoms with Gasteiger partial charge >= 0.3 is 0 Å². The molecule has 1 saturated carbocycles. The van der Waals surface area contributed by atoms with E-state index in [0.717, 1.165) is 6.54 Å². The van der Waals surface area contributed by atoms with Crippen molar-refractivity contribution in [2.24, 2.45) is 5.41 Å². The minimum absolute atomic E-state index is 0.542. The summed E-state index contributed by atoms with van der Waals surface area (Å²) in [6.45, 7) is 4.49. The summed E-state index contributed by atoms with van der Waals surface area (Å²) in [6, 6.07) is 2.29. The Balaban J connectivity index is 2.02. The van der Waals surface area contributed by atoms with Gasteiger partial charge in [-0.15, -0.1) is 11.3 Å². The van der Waals surface area contributed by atoms with Gasteiger partial charge in [-0.3, -0.25) is 0 Å². The molecule has 90 valence electrons. The fourth-order valence-electron chi connectivity index (χ4n) is 2.75. The summed E-state index contributed by atoms with van der Waals surface area (Å²) in [4.78, 5) is 1.53. The number of halogens is 1. The fraction of sp³-hybridized carbons (Fsp3) is 0.692. The Labute approximate surface area is 111 Å². The van der Waals surface area contributed by atoms with Crippen molar-refractivity contribution < 1.29 is 0 Å². The molecular formula is C13H20BrNS. The van der Waals surface area contributed by atoms with Gasteiger partial charge in [-0.1, -0.05) is 19.8 Å². The van der Waals surface area contributed by atoms with Crippen LogP contribution in [0.4, 0.5) is 0 Å². The third kappa shape index (κ3) is 3.08. The van der Waals surface area contributed by atoms with Crippen molar-refractivity contribution in [3.63, 3.8) is 0 Å². The highest BCUT2D eigenvalue weighted by molar-refractivity contribution is 9.10. The summed E-state index contributed by atoms with van der Waals surface area (Å²) >= 11 is 5.44. The molecule has 1 fully saturated rings. The topological polar surface area (TPSA) is 12.0 Å². The van der Waals surface area contributed by atoms with Crippen LogP contribution in [0.5, 0.6) is 0 Å². The lowest BCUT2D eigenvalue weighted by Crippen LogP contribution is -2.33. The van der Waals surface area contributed by atoms with Crippen LogP contribution in [0.3, 0.4) is 0 Å². The molecule has 1 aromatic heterocycles. The van der Waals surface area contributed by atoms with E-state index in [1.165, 1.54) is 48.0 Å². The van der Waals surface area contributed by atoms with Gasteiger partial charge in [-0.2, -0.15) is 0 Å². The quantitative estimate of drug-likeness (QED) is 0.858. The third-order valence-corrected chi connectivity index (χ3v) is 5.28. The van der Waals surface area contributed by atoms with Crippen molar-refractivity contribution in [2.45, 2.75) is 39.0 Å². The molecule has 3 heteroatoms. The van der Waals surface area contributed by atoms with E-state index in [1.54, 1.807) is 0 Å². The molecule has 0 unspecified atom stereocenters. The monoisotopic (exact) mass is 301 g/mol. The van der Waals surface area contributed by atoms with Gasteiger partial charge in [0.2, 0.25) is 0 Å². The summed E-state index contributed by atoms with van der Waals surface area (Å²) in [5.74, 6) is 0. The zero-order valence-corrected chi connectivity index (χ0v) is 12.3. The van der Waals surface area contributed by atoms with Gasteiger partial charge in [0.25, 0.3) is 0 Å². The molecular weight excluding hydrogens is 282 g/mol. The number of hydrogen-bond donors (Lipinski definition) is 1. The average molecular weight is 302 g/mol. The van der Waals surface area contributed by atoms with E-state index in [2.05, 4.69) is 39.6 Å². The Bertz CT molecular complexity index is 328. The molecule has 0 saturated heterocycles. The maximum absolute atomic E-state index is 3.55. The molecule has 16 heavy (non-hydrogen) atoms. The maximum Gasteiger partial charge on any atom is 0.0285 e. The lowest BCUT2D eigenvalue weighted by Gasteiger charge is -2.28. The van der Waals surface area contributed by atoms with Gasteiger partial charge in [-0.05, 0) is 53.2 Å². The molecule has 0 radical (unpaired) electrons. The van der Waals surface area contributed by atoms with E-state index in [0.29, 0.717) is 5.41 Å². The molecule has 1 aromatic rings. The molecule has 0 aliphatic heterocycles. The minimum atomic E-state index is 0.542. The number of hydrogen-bond acceptors (Lipinski definition) is 2. The van der Waals surface area contributed by atoms with Crippen molar-refractivity contribution in [1.29, 1.82) is 0 Å². The largest absolute Gasteiger partial charge is 0.316 e. The first-order valence-electron chi connectivity index (χ1n) is 6.18. The standard InChI is InChI=1S/C13H20BrNS/c1-2-15-10-13(5-3-4-6-13)8-12-7-11(14)9-16-12/h7,9,15H,2-6,8,10H2,1H3. The van der Waals surface area contributed by atoms with E-state index in [9.17, 15) is 0 Å². The first-order chi connectivity index (χ1) is 7.74. The smallest absolute Gasteiger partial charge is 0.0285 e. The van der Waals surface area contributed by atoms with Gasteiger partial charge in [-0.25, -0.2) is 0 Å². The van der Waals surface area contributed by atoms with Crippen LogP contribution in [0.2, 0.25) is 0 Å². The molecule has 0 aromatic carbocycles. The second kappa shape index (κ2) is 5.65. The van der Waals surface area contributed by atoms with E-state index < -0.39 is 0 Å². The second-order valence-corrected chi connectivity index (χ2v) is 6.81. The van der Waals surface area contributed by atoms with Crippen molar-refractivity contribution in [3.05, 3.63) is 20.8 Å². The molecule has 0 atom stereocenters. The number of thiophene rings is 1. The van der Waals surface area contributed by atoms with E-state index in [1.807, 2.05) is 11.3 Å². The van der Waals surface area contributed by atoms with E-state index in [4.69, 9.17) is 0 Å². The molecule has 0 bridgehead atoms. The molecule has 1 aliphatic rings. The highest BCUT2D eigenvalue weighted by atomic mass is 79.9. The highest BCUT2D eigenvalue weighted by Gasteiger charge is 2.33. The normalized spacial score (nSPS) is 19.1. The lowest BCUT2D eigenvalue weighted by atomic mass is 9.82. The number of nitrogens with one attached hydrogen (secondary N) is 1. The maximum atomic E-state index is 3.55. The minimum Gasteiger partial charge on any atom is -0.316 e. The van der Waals surface area contributed by atoms with Crippen LogP contribution in [0.1, 0.15) is 37.5 Å². The predicted molar refractivity (Wildman–Crippen MR) is 75.2 cm³/mol. The Hall–Kier alpha value is 0.140. The Morgan fingerprint density at radius 2 is 2.19 bits per heavy atom. The molecule has 1 nitrogen and oxygen atoms in total. The van der Waals surface area contributed by atoms with Crippen LogP contribution >= 0.6 is 27.3 Å². The van der Waals surface area contributed by atoms with Crippen LogP contribution < -0.4 is 5.32 Å². The van der Waals surface area contributed by atoms with Crippen molar-refractivity contribution >= 4 is 27.3 Å². The second-order valence-electron chi connectivity index (χ2n) is 4.90. The van der Waals surface area contributed by atoms with Crippen molar-refractivity contribution in [3.8, 4) is 0 Å². The van der Waals surface area contributed by atoms with Gasteiger partial charge in [0.05, 0.1) is 0 Å². The predicted octanol–water partition coefficient (Wildman–Crippen LogP) is 4.22. The van der Waals surface area contributed by atoms with Gasteiger partial charge in [0, 0.05) is 21.3 Å². The molecule has 1 aliphatic carbocycles. The summed E-state index contributed by atoms with van der Waals surface area (Å²) in [5.41, 5.74) is 0.542. The molecule has 0 amide bonds. The van der Waals surface area contributed by atoms with Crippen molar-refractivity contribution in [2.75, 3.05) is 13.1 Å². The molecule has 1 N–H and O–H groups in total. The molecule has 2 rings (SSSR count). The van der Waals surface area contributed by atoms with Gasteiger partial charge in [0.15, 0.2) is 0 Å². The molecule has 1 heterocycles. The van der Waals surface area contributed by atoms with Crippen LogP contribution in [0.25, 0.3) is 0 Å². The first-order valence-corrected chi connectivity index (χ1v) is 7.85. The lowest BCUT2D eigenvalue weighted by molar-refractivity contribution is 0.282. The summed E-state index contributed by atoms with van der Waals surface area (Å²) in [7, 11) is 0. The fourth-order valence-corrected chi connectivity index (χ4v) is 4.37.